The van der Waals surface area contributed by atoms with Crippen LogP contribution in [0.4, 0.5) is 18.9 Å². The Morgan fingerprint density at radius 2 is 1.74 bits per heavy atom. The lowest BCUT2D eigenvalue weighted by Crippen LogP contribution is -2.41. The summed E-state index contributed by atoms with van der Waals surface area (Å²) in [6.07, 6.45) is 1.48. The molecule has 7 nitrogen and oxygen atoms in total. The molecule has 1 saturated carbocycles. The average molecular weight is 530 g/mol. The minimum atomic E-state index is -4.55. The van der Waals surface area contributed by atoms with Crippen LogP contribution in [0.5, 0.6) is 17.2 Å². The number of ether oxygens (including phenoxy) is 3. The minimum Gasteiger partial charge on any atom is -0.493 e. The molecule has 38 heavy (non-hydrogen) atoms. The summed E-state index contributed by atoms with van der Waals surface area (Å²) in [5.41, 5.74) is 0.380. The molecular formula is C28H30F3N3O4. The van der Waals surface area contributed by atoms with Crippen LogP contribution in [-0.2, 0) is 11.0 Å². The Labute approximate surface area is 219 Å². The van der Waals surface area contributed by atoms with Gasteiger partial charge in [-0.15, -0.1) is 0 Å². The first-order valence-corrected chi connectivity index (χ1v) is 12.2. The molecule has 4 rings (SSSR count). The summed E-state index contributed by atoms with van der Waals surface area (Å²) in [7, 11) is 4.54. The molecule has 0 saturated heterocycles. The highest BCUT2D eigenvalue weighted by Gasteiger charge is 2.34. The quantitative estimate of drug-likeness (QED) is 0.357. The van der Waals surface area contributed by atoms with Crippen molar-refractivity contribution in [1.29, 1.82) is 0 Å². The van der Waals surface area contributed by atoms with E-state index in [2.05, 4.69) is 15.6 Å². The molecule has 1 aromatic heterocycles. The topological polar surface area (TPSA) is 81.7 Å². The number of fused-ring (bicyclic) bond motifs is 1. The van der Waals surface area contributed by atoms with E-state index in [-0.39, 0.29) is 23.5 Å². The maximum absolute atomic E-state index is 13.4. The highest BCUT2D eigenvalue weighted by molar-refractivity contribution is 5.93. The molecule has 0 bridgehead atoms. The van der Waals surface area contributed by atoms with Crippen molar-refractivity contribution in [2.24, 2.45) is 0 Å². The Hall–Kier alpha value is -3.95. The Morgan fingerprint density at radius 3 is 2.45 bits per heavy atom. The number of hydrogen-bond acceptors (Lipinski definition) is 6. The van der Waals surface area contributed by atoms with Crippen LogP contribution in [0.3, 0.4) is 0 Å². The van der Waals surface area contributed by atoms with Gasteiger partial charge in [-0.1, -0.05) is 18.2 Å². The minimum absolute atomic E-state index is 0.101. The lowest BCUT2D eigenvalue weighted by molar-refractivity contribution is -0.140. The monoisotopic (exact) mass is 529 g/mol. The van der Waals surface area contributed by atoms with Gasteiger partial charge in [0.2, 0.25) is 11.7 Å². The molecule has 0 radical (unpaired) electrons. The van der Waals surface area contributed by atoms with E-state index in [9.17, 15) is 18.0 Å². The molecule has 1 heterocycles. The van der Waals surface area contributed by atoms with Crippen molar-refractivity contribution in [2.45, 2.75) is 43.9 Å². The fourth-order valence-electron chi connectivity index (χ4n) is 4.78. The Kier molecular flexibility index (Phi) is 8.29. The number of hydrogen-bond donors (Lipinski definition) is 2. The van der Waals surface area contributed by atoms with Gasteiger partial charge in [0.15, 0.2) is 11.5 Å². The highest BCUT2D eigenvalue weighted by atomic mass is 19.4. The molecule has 2 aromatic carbocycles. The summed E-state index contributed by atoms with van der Waals surface area (Å²) in [4.78, 5) is 16.5. The van der Waals surface area contributed by atoms with Crippen molar-refractivity contribution >= 4 is 28.6 Å². The molecule has 202 valence electrons. The summed E-state index contributed by atoms with van der Waals surface area (Å²) < 4.78 is 56.4. The van der Waals surface area contributed by atoms with E-state index in [1.807, 2.05) is 0 Å². The van der Waals surface area contributed by atoms with E-state index in [1.54, 1.807) is 42.5 Å². The number of methoxy groups -OCH3 is 3. The third-order valence-corrected chi connectivity index (χ3v) is 6.54. The highest BCUT2D eigenvalue weighted by Crippen LogP contribution is 2.40. The van der Waals surface area contributed by atoms with Crippen LogP contribution in [0, 0.1) is 0 Å². The Morgan fingerprint density at radius 1 is 1.00 bits per heavy atom. The summed E-state index contributed by atoms with van der Waals surface area (Å²) in [6, 6.07) is 11.1. The smallest absolute Gasteiger partial charge is 0.433 e. The molecule has 2 N–H and O–H groups in total. The number of nitrogens with one attached hydrogen (secondary N) is 2. The normalized spacial score (nSPS) is 17.8. The summed E-state index contributed by atoms with van der Waals surface area (Å²) in [6.45, 7) is 0. The maximum Gasteiger partial charge on any atom is 0.433 e. The zero-order chi connectivity index (χ0) is 27.3. The summed E-state index contributed by atoms with van der Waals surface area (Å²) in [5.74, 6) is 1.11. The molecule has 1 aliphatic rings. The standard InChI is InChI=1S/C28H30F3N3O4/c1-36-23-13-11-17(26(37-2)27(23)38-3)12-14-25(35)33-19-8-6-7-18(15-19)32-22-16-24(28(29,30)31)34-21-10-5-4-9-20(21)22/h4-5,9-14,16,18-19H,6-8,15H2,1-3H3,(H,32,34)(H,33,35)/b14-12+/t18-,19+/m0/s1. The van der Waals surface area contributed by atoms with E-state index >= 15 is 0 Å². The fraction of sp³-hybridized carbons (Fsp3) is 0.357. The molecule has 1 fully saturated rings. The van der Waals surface area contributed by atoms with Crippen molar-refractivity contribution in [3.63, 3.8) is 0 Å². The number of para-hydroxylation sites is 1. The lowest BCUT2D eigenvalue weighted by atomic mass is 9.90. The average Bonchev–Trinajstić information content (AvgIpc) is 2.90. The predicted octanol–water partition coefficient (Wildman–Crippen LogP) is 5.83. The molecule has 10 heteroatoms. The van der Waals surface area contributed by atoms with Gasteiger partial charge >= 0.3 is 6.18 Å². The van der Waals surface area contributed by atoms with E-state index < -0.39 is 11.9 Å². The van der Waals surface area contributed by atoms with Crippen LogP contribution in [-0.4, -0.2) is 44.3 Å². The first kappa shape index (κ1) is 27.1. The number of benzene rings is 2. The van der Waals surface area contributed by atoms with Crippen LogP contribution in [0.25, 0.3) is 17.0 Å². The van der Waals surface area contributed by atoms with Crippen molar-refractivity contribution < 1.29 is 32.2 Å². The maximum atomic E-state index is 13.4. The fourth-order valence-corrected chi connectivity index (χ4v) is 4.78. The second-order valence-corrected chi connectivity index (χ2v) is 9.04. The predicted molar refractivity (Wildman–Crippen MR) is 140 cm³/mol. The lowest BCUT2D eigenvalue weighted by Gasteiger charge is -2.31. The number of aromatic nitrogens is 1. The Balaban J connectivity index is 1.45. The summed E-state index contributed by atoms with van der Waals surface area (Å²) >= 11 is 0. The van der Waals surface area contributed by atoms with Gasteiger partial charge in [0.1, 0.15) is 5.69 Å². The van der Waals surface area contributed by atoms with Gasteiger partial charge in [-0.3, -0.25) is 4.79 Å². The molecule has 1 amide bonds. The van der Waals surface area contributed by atoms with Crippen molar-refractivity contribution in [3.05, 3.63) is 59.8 Å². The zero-order valence-corrected chi connectivity index (χ0v) is 21.4. The van der Waals surface area contributed by atoms with Crippen molar-refractivity contribution in [3.8, 4) is 17.2 Å². The molecule has 3 aromatic rings. The number of carbonyl (C=O) groups is 1. The SMILES string of the molecule is COc1ccc(/C=C/C(=O)N[C@@H]2CCC[C@H](Nc3cc(C(F)(F)F)nc4ccccc34)C2)c(OC)c1OC. The number of anilines is 1. The van der Waals surface area contributed by atoms with Gasteiger partial charge in [0.25, 0.3) is 0 Å². The van der Waals surface area contributed by atoms with Crippen LogP contribution in [0.1, 0.15) is 36.9 Å². The van der Waals surface area contributed by atoms with Gasteiger partial charge in [-0.2, -0.15) is 13.2 Å². The molecule has 0 spiro atoms. The number of rotatable bonds is 8. The van der Waals surface area contributed by atoms with Crippen molar-refractivity contribution in [1.82, 2.24) is 10.3 Å². The van der Waals surface area contributed by atoms with Gasteiger partial charge < -0.3 is 24.8 Å². The van der Waals surface area contributed by atoms with E-state index in [4.69, 9.17) is 14.2 Å². The molecule has 0 unspecified atom stereocenters. The third-order valence-electron chi connectivity index (χ3n) is 6.54. The zero-order valence-electron chi connectivity index (χ0n) is 21.4. The van der Waals surface area contributed by atoms with Crippen LogP contribution < -0.4 is 24.8 Å². The number of amides is 1. The van der Waals surface area contributed by atoms with Crippen LogP contribution in [0.2, 0.25) is 0 Å². The number of halogens is 3. The first-order chi connectivity index (χ1) is 18.2. The number of carbonyl (C=O) groups excluding carboxylic acids is 1. The second-order valence-electron chi connectivity index (χ2n) is 9.04. The molecular weight excluding hydrogens is 499 g/mol. The van der Waals surface area contributed by atoms with E-state index in [0.717, 1.165) is 25.3 Å². The van der Waals surface area contributed by atoms with Crippen LogP contribution >= 0.6 is 0 Å². The summed E-state index contributed by atoms with van der Waals surface area (Å²) in [5, 5.41) is 6.92. The van der Waals surface area contributed by atoms with Gasteiger partial charge in [-0.05, 0) is 56.0 Å². The molecule has 0 aliphatic heterocycles. The van der Waals surface area contributed by atoms with Gasteiger partial charge in [0.05, 0.1) is 26.8 Å². The Bertz CT molecular complexity index is 1330. The van der Waals surface area contributed by atoms with Crippen molar-refractivity contribution in [2.75, 3.05) is 26.6 Å². The second kappa shape index (κ2) is 11.6. The van der Waals surface area contributed by atoms with Gasteiger partial charge in [-0.25, -0.2) is 4.98 Å². The number of alkyl halides is 3. The molecule has 2 atom stereocenters. The number of pyridine rings is 1. The van der Waals surface area contributed by atoms with Gasteiger partial charge in [0, 0.05) is 34.8 Å². The largest absolute Gasteiger partial charge is 0.493 e. The number of nitrogens with zero attached hydrogens (tertiary/aromatic N) is 1. The van der Waals surface area contributed by atoms with E-state index in [0.29, 0.717) is 40.3 Å². The van der Waals surface area contributed by atoms with E-state index in [1.165, 1.54) is 27.4 Å². The van der Waals surface area contributed by atoms with Crippen LogP contribution in [0.15, 0.2) is 48.5 Å². The molecule has 1 aliphatic carbocycles. The third kappa shape index (κ3) is 6.12. The first-order valence-electron chi connectivity index (χ1n) is 12.2.